The van der Waals surface area contributed by atoms with Gasteiger partial charge in [0, 0.05) is 50.8 Å². The molecular formula is C73H80BN3. The van der Waals surface area contributed by atoms with Gasteiger partial charge in [0.15, 0.2) is 0 Å². The van der Waals surface area contributed by atoms with Gasteiger partial charge in [-0.25, -0.2) is 0 Å². The molecule has 1 aliphatic carbocycles. The lowest BCUT2D eigenvalue weighted by Crippen LogP contribution is -2.61. The Morgan fingerprint density at radius 1 is 0.403 bits per heavy atom. The van der Waals surface area contributed by atoms with Gasteiger partial charge >= 0.3 is 0 Å². The highest BCUT2D eigenvalue weighted by Crippen LogP contribution is 2.62. The predicted molar refractivity (Wildman–Crippen MR) is 334 cm³/mol. The summed E-state index contributed by atoms with van der Waals surface area (Å²) in [6, 6.07) is 64.4. The summed E-state index contributed by atoms with van der Waals surface area (Å²) in [5.41, 5.74) is 26.9. The summed E-state index contributed by atoms with van der Waals surface area (Å²) < 4.78 is 0. The molecule has 0 bridgehead atoms. The molecule has 4 aliphatic rings. The lowest BCUT2D eigenvalue weighted by Gasteiger charge is -2.51. The summed E-state index contributed by atoms with van der Waals surface area (Å²) in [6.45, 7) is 35.6. The molecule has 3 heterocycles. The molecule has 1 saturated carbocycles. The van der Waals surface area contributed by atoms with Crippen molar-refractivity contribution in [3.05, 3.63) is 197 Å². The second-order valence-corrected chi connectivity index (χ2v) is 27.9. The van der Waals surface area contributed by atoms with Crippen molar-refractivity contribution in [1.29, 1.82) is 0 Å². The Morgan fingerprint density at radius 3 is 1.60 bits per heavy atom. The molecule has 0 aromatic heterocycles. The molecular weight excluding hydrogens is 930 g/mol. The first-order chi connectivity index (χ1) is 36.4. The molecule has 3 aliphatic heterocycles. The van der Waals surface area contributed by atoms with Crippen LogP contribution in [0.4, 0.5) is 45.5 Å². The minimum Gasteiger partial charge on any atom is -0.334 e. The molecule has 77 heavy (non-hydrogen) atoms. The predicted octanol–water partition coefficient (Wildman–Crippen LogP) is 18.3. The van der Waals surface area contributed by atoms with Crippen LogP contribution in [0, 0.1) is 6.92 Å². The highest BCUT2D eigenvalue weighted by atomic mass is 15.3. The molecule has 8 aromatic rings. The van der Waals surface area contributed by atoms with Crippen LogP contribution in [-0.2, 0) is 27.1 Å². The van der Waals surface area contributed by atoms with Crippen molar-refractivity contribution in [3.8, 4) is 22.3 Å². The molecule has 0 spiro atoms. The number of hydrogen-bond acceptors (Lipinski definition) is 3. The average Bonchev–Trinajstić information content (AvgIpc) is 3.91. The maximum Gasteiger partial charge on any atom is 0.252 e. The maximum absolute atomic E-state index is 2.79. The number of nitrogens with zero attached hydrogens (tertiary/aromatic N) is 3. The molecule has 0 amide bonds. The van der Waals surface area contributed by atoms with E-state index < -0.39 is 0 Å². The van der Waals surface area contributed by atoms with Gasteiger partial charge in [0.2, 0.25) is 0 Å². The van der Waals surface area contributed by atoms with Crippen LogP contribution in [0.5, 0.6) is 0 Å². The third-order valence-electron chi connectivity index (χ3n) is 18.8. The van der Waals surface area contributed by atoms with Crippen LogP contribution in [0.2, 0.25) is 0 Å². The average molecular weight is 1010 g/mol. The molecule has 0 saturated heterocycles. The summed E-state index contributed by atoms with van der Waals surface area (Å²) >= 11 is 0. The summed E-state index contributed by atoms with van der Waals surface area (Å²) in [4.78, 5) is 8.11. The molecule has 12 rings (SSSR count). The zero-order chi connectivity index (χ0) is 54.4. The monoisotopic (exact) mass is 1010 g/mol. The highest BCUT2D eigenvalue weighted by Gasteiger charge is 2.58. The molecule has 2 atom stereocenters. The van der Waals surface area contributed by atoms with Gasteiger partial charge < -0.3 is 14.7 Å². The molecule has 0 N–H and O–H groups in total. The Bertz CT molecular complexity index is 3630. The zero-order valence-electron chi connectivity index (χ0n) is 48.8. The van der Waals surface area contributed by atoms with Crippen molar-refractivity contribution in [1.82, 2.24) is 0 Å². The Hall–Kier alpha value is -6.78. The number of benzene rings is 8. The number of hydrogen-bond donors (Lipinski definition) is 0. The summed E-state index contributed by atoms with van der Waals surface area (Å²) in [5, 5.41) is 0. The van der Waals surface area contributed by atoms with Gasteiger partial charge in [-0.05, 0) is 182 Å². The van der Waals surface area contributed by atoms with Crippen LogP contribution in [0.1, 0.15) is 156 Å². The van der Waals surface area contributed by atoms with Crippen LogP contribution in [0.15, 0.2) is 164 Å². The van der Waals surface area contributed by atoms with E-state index in [2.05, 4.69) is 282 Å². The minimum atomic E-state index is -0.154. The highest BCUT2D eigenvalue weighted by molar-refractivity contribution is 7.00. The van der Waals surface area contributed by atoms with Gasteiger partial charge in [-0.3, -0.25) is 0 Å². The lowest BCUT2D eigenvalue weighted by molar-refractivity contribution is 0.195. The third kappa shape index (κ3) is 8.12. The first kappa shape index (κ1) is 51.0. The van der Waals surface area contributed by atoms with Gasteiger partial charge in [-0.2, -0.15) is 0 Å². The van der Waals surface area contributed by atoms with Crippen molar-refractivity contribution in [2.45, 2.75) is 162 Å². The smallest absolute Gasteiger partial charge is 0.252 e. The summed E-state index contributed by atoms with van der Waals surface area (Å²) in [5.74, 6) is 0. The van der Waals surface area contributed by atoms with Crippen molar-refractivity contribution in [2.75, 3.05) is 14.7 Å². The van der Waals surface area contributed by atoms with Crippen molar-refractivity contribution in [3.63, 3.8) is 0 Å². The van der Waals surface area contributed by atoms with E-state index in [0.29, 0.717) is 0 Å². The quantitative estimate of drug-likeness (QED) is 0.159. The van der Waals surface area contributed by atoms with Gasteiger partial charge in [0.1, 0.15) is 0 Å². The Labute approximate surface area is 462 Å². The zero-order valence-corrected chi connectivity index (χ0v) is 48.8. The Balaban J connectivity index is 1.15. The fraction of sp³-hybridized carbons (Fsp3) is 0.342. The van der Waals surface area contributed by atoms with Crippen molar-refractivity contribution < 1.29 is 0 Å². The van der Waals surface area contributed by atoms with Gasteiger partial charge in [-0.1, -0.05) is 200 Å². The van der Waals surface area contributed by atoms with E-state index in [1.807, 2.05) is 0 Å². The van der Waals surface area contributed by atoms with E-state index in [0.717, 1.165) is 6.42 Å². The molecule has 390 valence electrons. The maximum atomic E-state index is 2.79. The molecule has 3 nitrogen and oxygen atoms in total. The first-order valence-corrected chi connectivity index (χ1v) is 28.8. The molecule has 8 aromatic carbocycles. The summed E-state index contributed by atoms with van der Waals surface area (Å²) in [6.07, 6.45) is 4.77. The number of fused-ring (bicyclic) bond motifs is 7. The number of anilines is 8. The molecule has 4 heteroatoms. The Morgan fingerprint density at radius 2 is 0.935 bits per heavy atom. The van der Waals surface area contributed by atoms with Crippen LogP contribution >= 0.6 is 0 Å². The van der Waals surface area contributed by atoms with Crippen molar-refractivity contribution >= 4 is 68.6 Å². The van der Waals surface area contributed by atoms with E-state index in [9.17, 15) is 0 Å². The minimum absolute atomic E-state index is 0.0152. The SMILES string of the molecule is Cc1ccccc1-c1ccc2c(c1)C1(C)CCCCC1(C)N2c1ccc2c(c1)N(c1ccc(C(C)(C)C)cc1)c1cc(C(C)(C)C)cc3c1B2c1ccc(C(C)(C)C)cc1N3c1ccc(C(C)(C)C)cc1-c1ccccc1. The first-order valence-electron chi connectivity index (χ1n) is 28.8. The fourth-order valence-corrected chi connectivity index (χ4v) is 13.9. The van der Waals surface area contributed by atoms with Crippen LogP contribution < -0.4 is 31.1 Å². The molecule has 2 unspecified atom stereocenters. The third-order valence-corrected chi connectivity index (χ3v) is 18.8. The standard InChI is InChI=1S/C73H80BN3/c1-47-23-19-20-26-56(47)49-27-37-62-58(41-49)72(14)39-21-22-40-73(72,15)77(62)55-34-36-60-64(46-55)75(54-32-28-50(29-33-54)68(2,3)4)65-44-53(71(11,12)13)45-66-67(65)74(60)59-35-30-52(70(8,9)10)43-63(59)76(66)61-38-31-51(69(5,6)7)42-57(61)48-24-17-16-18-25-48/h16-20,23-38,41-46H,21-22,39-40H2,1-15H3. The largest absolute Gasteiger partial charge is 0.334 e. The van der Waals surface area contributed by atoms with Gasteiger partial charge in [0.05, 0.1) is 11.2 Å². The van der Waals surface area contributed by atoms with E-state index >= 15 is 0 Å². The van der Waals surface area contributed by atoms with Crippen molar-refractivity contribution in [2.24, 2.45) is 0 Å². The fourth-order valence-electron chi connectivity index (χ4n) is 13.9. The lowest BCUT2D eigenvalue weighted by atomic mass is 9.33. The van der Waals surface area contributed by atoms with Gasteiger partial charge in [-0.15, -0.1) is 0 Å². The number of aryl methyl sites for hydroxylation is 1. The second kappa shape index (κ2) is 17.6. The van der Waals surface area contributed by atoms with E-state index in [4.69, 9.17) is 0 Å². The van der Waals surface area contributed by atoms with Crippen LogP contribution in [0.25, 0.3) is 22.3 Å². The topological polar surface area (TPSA) is 9.72 Å². The molecule has 0 radical (unpaired) electrons. The Kier molecular flexibility index (Phi) is 11.7. The van der Waals surface area contributed by atoms with Crippen LogP contribution in [-0.4, -0.2) is 12.3 Å². The van der Waals surface area contributed by atoms with E-state index in [-0.39, 0.29) is 39.3 Å². The second-order valence-electron chi connectivity index (χ2n) is 27.9. The van der Waals surface area contributed by atoms with Gasteiger partial charge in [0.25, 0.3) is 6.71 Å². The normalized spacial score (nSPS) is 18.9. The number of rotatable bonds is 5. The molecule has 1 fully saturated rings. The van der Waals surface area contributed by atoms with Crippen LogP contribution in [0.3, 0.4) is 0 Å². The van der Waals surface area contributed by atoms with E-state index in [1.54, 1.807) is 0 Å². The summed E-state index contributed by atoms with van der Waals surface area (Å²) in [7, 11) is 0. The van der Waals surface area contributed by atoms with E-state index in [1.165, 1.54) is 137 Å².